The molecule has 1 saturated heterocycles. The standard InChI is InChI=1S/C25H33N3O5S/c1-17(2)16-26-24(29)20-5-10-23(18(3)15-20)27-25(30)19-11-13-28(14-12-19)34(31,32)22-8-6-21(33-4)7-9-22/h5-10,15,17,19H,11-14,16H2,1-4H3,(H,26,29)(H,27,30). The van der Waals surface area contributed by atoms with Crippen LogP contribution in [0.5, 0.6) is 5.75 Å². The smallest absolute Gasteiger partial charge is 0.251 e. The van der Waals surface area contributed by atoms with Crippen molar-refractivity contribution >= 4 is 27.5 Å². The molecule has 2 aromatic carbocycles. The first-order valence-electron chi connectivity index (χ1n) is 11.5. The van der Waals surface area contributed by atoms with Crippen LogP contribution >= 0.6 is 0 Å². The van der Waals surface area contributed by atoms with Crippen molar-refractivity contribution in [2.45, 2.75) is 38.5 Å². The number of nitrogens with one attached hydrogen (secondary N) is 2. The highest BCUT2D eigenvalue weighted by atomic mass is 32.2. The highest BCUT2D eigenvalue weighted by Crippen LogP contribution is 2.26. The number of aryl methyl sites for hydroxylation is 1. The van der Waals surface area contributed by atoms with Crippen molar-refractivity contribution in [2.24, 2.45) is 11.8 Å². The number of hydrogen-bond donors (Lipinski definition) is 2. The summed E-state index contributed by atoms with van der Waals surface area (Å²) in [6.45, 7) is 7.06. The van der Waals surface area contributed by atoms with Gasteiger partial charge in [0.15, 0.2) is 0 Å². The molecule has 1 fully saturated rings. The molecular weight excluding hydrogens is 454 g/mol. The zero-order chi connectivity index (χ0) is 24.9. The summed E-state index contributed by atoms with van der Waals surface area (Å²) in [6, 6.07) is 11.5. The van der Waals surface area contributed by atoms with Crippen LogP contribution in [0.25, 0.3) is 0 Å². The monoisotopic (exact) mass is 487 g/mol. The fourth-order valence-electron chi connectivity index (χ4n) is 3.83. The molecule has 0 spiro atoms. The Labute approximate surface area is 201 Å². The van der Waals surface area contributed by atoms with E-state index in [1.54, 1.807) is 30.3 Å². The second kappa shape index (κ2) is 11.0. The van der Waals surface area contributed by atoms with E-state index in [1.807, 2.05) is 20.8 Å². The zero-order valence-corrected chi connectivity index (χ0v) is 20.9. The van der Waals surface area contributed by atoms with Gasteiger partial charge in [-0.25, -0.2) is 8.42 Å². The van der Waals surface area contributed by atoms with Gasteiger partial charge in [0, 0.05) is 36.8 Å². The molecule has 0 unspecified atom stereocenters. The molecule has 1 heterocycles. The van der Waals surface area contributed by atoms with Gasteiger partial charge in [0.25, 0.3) is 5.91 Å². The molecule has 0 aromatic heterocycles. The van der Waals surface area contributed by atoms with E-state index < -0.39 is 10.0 Å². The quantitative estimate of drug-likeness (QED) is 0.594. The number of hydrogen-bond acceptors (Lipinski definition) is 5. The Morgan fingerprint density at radius 1 is 1.09 bits per heavy atom. The number of carbonyl (C=O) groups is 2. The summed E-state index contributed by atoms with van der Waals surface area (Å²) in [4.78, 5) is 25.3. The minimum atomic E-state index is -3.62. The fourth-order valence-corrected chi connectivity index (χ4v) is 5.30. The van der Waals surface area contributed by atoms with Gasteiger partial charge in [0.05, 0.1) is 12.0 Å². The van der Waals surface area contributed by atoms with Crippen LogP contribution < -0.4 is 15.4 Å². The summed E-state index contributed by atoms with van der Waals surface area (Å²) in [6.07, 6.45) is 0.881. The van der Waals surface area contributed by atoms with Crippen molar-refractivity contribution in [1.82, 2.24) is 9.62 Å². The zero-order valence-electron chi connectivity index (χ0n) is 20.1. The van der Waals surface area contributed by atoms with Crippen molar-refractivity contribution < 1.29 is 22.7 Å². The largest absolute Gasteiger partial charge is 0.497 e. The van der Waals surface area contributed by atoms with E-state index in [9.17, 15) is 18.0 Å². The van der Waals surface area contributed by atoms with Crippen LogP contribution in [0, 0.1) is 18.8 Å². The van der Waals surface area contributed by atoms with E-state index in [1.165, 1.54) is 23.5 Å². The normalized spacial score (nSPS) is 15.2. The number of rotatable bonds is 8. The number of carbonyl (C=O) groups excluding carboxylic acids is 2. The van der Waals surface area contributed by atoms with Gasteiger partial charge in [0.1, 0.15) is 5.75 Å². The van der Waals surface area contributed by atoms with Gasteiger partial charge in [-0.3, -0.25) is 9.59 Å². The molecule has 2 N–H and O–H groups in total. The molecule has 0 bridgehead atoms. The van der Waals surface area contributed by atoms with Crippen LogP contribution in [-0.4, -0.2) is 51.3 Å². The summed E-state index contributed by atoms with van der Waals surface area (Å²) >= 11 is 0. The van der Waals surface area contributed by atoms with E-state index in [0.29, 0.717) is 42.3 Å². The second-order valence-electron chi connectivity index (χ2n) is 8.98. The van der Waals surface area contributed by atoms with E-state index in [2.05, 4.69) is 10.6 Å². The average molecular weight is 488 g/mol. The Bertz CT molecular complexity index is 1120. The molecule has 2 amide bonds. The molecular formula is C25H33N3O5S. The minimum Gasteiger partial charge on any atom is -0.497 e. The third-order valence-electron chi connectivity index (χ3n) is 5.94. The van der Waals surface area contributed by atoms with Crippen LogP contribution in [-0.2, 0) is 14.8 Å². The van der Waals surface area contributed by atoms with Gasteiger partial charge in [-0.05, 0) is 73.7 Å². The van der Waals surface area contributed by atoms with Crippen LogP contribution in [0.15, 0.2) is 47.4 Å². The van der Waals surface area contributed by atoms with Crippen molar-refractivity contribution in [2.75, 3.05) is 32.1 Å². The van der Waals surface area contributed by atoms with E-state index in [0.717, 1.165) is 5.56 Å². The van der Waals surface area contributed by atoms with Crippen molar-refractivity contribution in [3.05, 3.63) is 53.6 Å². The predicted octanol–water partition coefficient (Wildman–Crippen LogP) is 3.43. The molecule has 1 aliphatic heterocycles. The summed E-state index contributed by atoms with van der Waals surface area (Å²) in [7, 11) is -2.09. The number of anilines is 1. The number of sulfonamides is 1. The van der Waals surface area contributed by atoms with Gasteiger partial charge >= 0.3 is 0 Å². The third-order valence-corrected chi connectivity index (χ3v) is 7.85. The number of benzene rings is 2. The summed E-state index contributed by atoms with van der Waals surface area (Å²) in [5.74, 6) is 0.396. The maximum atomic E-state index is 12.9. The SMILES string of the molecule is COc1ccc(S(=O)(=O)N2CCC(C(=O)Nc3ccc(C(=O)NCC(C)C)cc3C)CC2)cc1. The van der Waals surface area contributed by atoms with Crippen molar-refractivity contribution in [3.63, 3.8) is 0 Å². The molecule has 0 aliphatic carbocycles. The number of piperidine rings is 1. The third kappa shape index (κ3) is 6.15. The van der Waals surface area contributed by atoms with E-state index >= 15 is 0 Å². The topological polar surface area (TPSA) is 105 Å². The highest BCUT2D eigenvalue weighted by Gasteiger charge is 2.32. The van der Waals surface area contributed by atoms with Gasteiger partial charge < -0.3 is 15.4 Å². The summed E-state index contributed by atoms with van der Waals surface area (Å²) in [5, 5.41) is 5.83. The Morgan fingerprint density at radius 3 is 2.29 bits per heavy atom. The first kappa shape index (κ1) is 25.7. The molecule has 8 nitrogen and oxygen atoms in total. The van der Waals surface area contributed by atoms with Crippen LogP contribution in [0.2, 0.25) is 0 Å². The van der Waals surface area contributed by atoms with Gasteiger partial charge in [0.2, 0.25) is 15.9 Å². The maximum absolute atomic E-state index is 12.9. The molecule has 34 heavy (non-hydrogen) atoms. The average Bonchev–Trinajstić information content (AvgIpc) is 2.83. The Balaban J connectivity index is 1.57. The Morgan fingerprint density at radius 2 is 1.74 bits per heavy atom. The van der Waals surface area contributed by atoms with E-state index in [-0.39, 0.29) is 35.7 Å². The maximum Gasteiger partial charge on any atom is 0.251 e. The lowest BCUT2D eigenvalue weighted by Gasteiger charge is -2.30. The lowest BCUT2D eigenvalue weighted by Crippen LogP contribution is -2.41. The molecule has 3 rings (SSSR count). The van der Waals surface area contributed by atoms with Crippen LogP contribution in [0.3, 0.4) is 0 Å². The minimum absolute atomic E-state index is 0.137. The Hall–Kier alpha value is -2.91. The number of amides is 2. The van der Waals surface area contributed by atoms with Crippen molar-refractivity contribution in [3.8, 4) is 5.75 Å². The molecule has 0 saturated carbocycles. The molecule has 0 atom stereocenters. The molecule has 184 valence electrons. The number of methoxy groups -OCH3 is 1. The number of nitrogens with zero attached hydrogens (tertiary/aromatic N) is 1. The van der Waals surface area contributed by atoms with Gasteiger partial charge in [-0.15, -0.1) is 0 Å². The molecule has 1 aliphatic rings. The van der Waals surface area contributed by atoms with Gasteiger partial charge in [-0.1, -0.05) is 13.8 Å². The summed E-state index contributed by atoms with van der Waals surface area (Å²) in [5.41, 5.74) is 2.00. The number of ether oxygens (including phenoxy) is 1. The predicted molar refractivity (Wildman–Crippen MR) is 131 cm³/mol. The lowest BCUT2D eigenvalue weighted by molar-refractivity contribution is -0.120. The van der Waals surface area contributed by atoms with Crippen molar-refractivity contribution in [1.29, 1.82) is 0 Å². The van der Waals surface area contributed by atoms with Crippen LogP contribution in [0.4, 0.5) is 5.69 Å². The molecule has 0 radical (unpaired) electrons. The molecule has 2 aromatic rings. The fraction of sp³-hybridized carbons (Fsp3) is 0.440. The first-order valence-corrected chi connectivity index (χ1v) is 12.9. The lowest BCUT2D eigenvalue weighted by atomic mass is 9.97. The van der Waals surface area contributed by atoms with Crippen LogP contribution in [0.1, 0.15) is 42.6 Å². The van der Waals surface area contributed by atoms with E-state index in [4.69, 9.17) is 4.74 Å². The molecule has 9 heteroatoms. The first-order chi connectivity index (χ1) is 16.1. The van der Waals surface area contributed by atoms with Gasteiger partial charge in [-0.2, -0.15) is 4.31 Å². The summed E-state index contributed by atoms with van der Waals surface area (Å²) < 4.78 is 32.4. The second-order valence-corrected chi connectivity index (χ2v) is 10.9. The Kier molecular flexibility index (Phi) is 8.33. The highest BCUT2D eigenvalue weighted by molar-refractivity contribution is 7.89.